The van der Waals surface area contributed by atoms with E-state index in [0.717, 1.165) is 16.5 Å². The number of esters is 1. The van der Waals surface area contributed by atoms with Crippen molar-refractivity contribution in [1.29, 1.82) is 0 Å². The molecule has 0 saturated heterocycles. The van der Waals surface area contributed by atoms with Crippen LogP contribution in [0.15, 0.2) is 39.9 Å². The molecule has 0 amide bonds. The number of benzene rings is 1. The summed E-state index contributed by atoms with van der Waals surface area (Å²) in [6, 6.07) is 6.94. The van der Waals surface area contributed by atoms with E-state index in [1.54, 1.807) is 13.2 Å². The summed E-state index contributed by atoms with van der Waals surface area (Å²) in [6.45, 7) is 2.09. The van der Waals surface area contributed by atoms with Crippen LogP contribution in [0.25, 0.3) is 11.0 Å². The second kappa shape index (κ2) is 4.76. The van der Waals surface area contributed by atoms with Gasteiger partial charge in [0.05, 0.1) is 12.9 Å². The minimum atomic E-state index is -0.666. The SMILES string of the molecule is CCOC(=O)C1N=COC1c1coc2ccccc12. The first-order valence-electron chi connectivity index (χ1n) is 6.11. The van der Waals surface area contributed by atoms with Crippen LogP contribution in [-0.2, 0) is 14.3 Å². The van der Waals surface area contributed by atoms with E-state index in [1.165, 1.54) is 6.40 Å². The predicted octanol–water partition coefficient (Wildman–Crippen LogP) is 2.46. The number of nitrogens with zero attached hydrogens (tertiary/aromatic N) is 1. The van der Waals surface area contributed by atoms with E-state index < -0.39 is 12.1 Å². The van der Waals surface area contributed by atoms with Gasteiger partial charge in [-0.25, -0.2) is 9.79 Å². The number of aliphatic imine (C=N–C) groups is 1. The average Bonchev–Trinajstić information content (AvgIpc) is 3.05. The third-order valence-corrected chi connectivity index (χ3v) is 3.06. The molecule has 98 valence electrons. The molecule has 2 atom stereocenters. The van der Waals surface area contributed by atoms with Gasteiger partial charge in [-0.3, -0.25) is 0 Å². The van der Waals surface area contributed by atoms with Gasteiger partial charge >= 0.3 is 5.97 Å². The molecule has 2 unspecified atom stereocenters. The molecule has 1 aliphatic rings. The molecule has 1 aliphatic heterocycles. The van der Waals surface area contributed by atoms with Crippen molar-refractivity contribution in [2.24, 2.45) is 4.99 Å². The van der Waals surface area contributed by atoms with Gasteiger partial charge < -0.3 is 13.9 Å². The standard InChI is InChI=1S/C14H13NO4/c1-2-17-14(16)12-13(19-8-15-12)10-7-18-11-6-4-3-5-9(10)11/h3-8,12-13H,2H2,1H3. The van der Waals surface area contributed by atoms with Gasteiger partial charge in [0, 0.05) is 10.9 Å². The molecule has 5 heteroatoms. The largest absolute Gasteiger partial charge is 0.473 e. The molecular formula is C14H13NO4. The first-order valence-corrected chi connectivity index (χ1v) is 6.11. The predicted molar refractivity (Wildman–Crippen MR) is 69.0 cm³/mol. The summed E-state index contributed by atoms with van der Waals surface area (Å²) in [5.74, 6) is -0.383. The molecule has 0 radical (unpaired) electrons. The van der Waals surface area contributed by atoms with Gasteiger partial charge in [-0.05, 0) is 13.0 Å². The summed E-state index contributed by atoms with van der Waals surface area (Å²) in [7, 11) is 0. The molecule has 1 aromatic carbocycles. The molecule has 0 saturated carbocycles. The van der Waals surface area contributed by atoms with Gasteiger partial charge in [-0.2, -0.15) is 0 Å². The van der Waals surface area contributed by atoms with Gasteiger partial charge in [0.25, 0.3) is 0 Å². The third-order valence-electron chi connectivity index (χ3n) is 3.06. The Morgan fingerprint density at radius 3 is 3.11 bits per heavy atom. The van der Waals surface area contributed by atoms with Crippen LogP contribution in [0.1, 0.15) is 18.6 Å². The lowest BCUT2D eigenvalue weighted by Gasteiger charge is -2.14. The minimum absolute atomic E-state index is 0.323. The monoisotopic (exact) mass is 259 g/mol. The number of hydrogen-bond donors (Lipinski definition) is 0. The van der Waals surface area contributed by atoms with E-state index in [4.69, 9.17) is 13.9 Å². The van der Waals surface area contributed by atoms with Crippen LogP contribution in [0.2, 0.25) is 0 Å². The Hall–Kier alpha value is -2.30. The molecular weight excluding hydrogens is 246 g/mol. The fraction of sp³-hybridized carbons (Fsp3) is 0.286. The number of carbonyl (C=O) groups is 1. The lowest BCUT2D eigenvalue weighted by molar-refractivity contribution is -0.146. The molecule has 1 aromatic heterocycles. The zero-order valence-corrected chi connectivity index (χ0v) is 10.4. The van der Waals surface area contributed by atoms with Crippen LogP contribution < -0.4 is 0 Å². The molecule has 0 bridgehead atoms. The van der Waals surface area contributed by atoms with E-state index in [2.05, 4.69) is 4.99 Å². The molecule has 2 aromatic rings. The molecule has 19 heavy (non-hydrogen) atoms. The summed E-state index contributed by atoms with van der Waals surface area (Å²) in [6.07, 6.45) is 2.42. The Bertz CT molecular complexity index is 631. The number of hydrogen-bond acceptors (Lipinski definition) is 5. The Kier molecular flexibility index (Phi) is 2.95. The second-order valence-electron chi connectivity index (χ2n) is 4.20. The van der Waals surface area contributed by atoms with E-state index in [-0.39, 0.29) is 5.97 Å². The van der Waals surface area contributed by atoms with Gasteiger partial charge in [0.1, 0.15) is 5.58 Å². The number of fused-ring (bicyclic) bond motifs is 1. The highest BCUT2D eigenvalue weighted by atomic mass is 16.5. The van der Waals surface area contributed by atoms with Crippen molar-refractivity contribution in [3.05, 3.63) is 36.1 Å². The molecule has 0 fully saturated rings. The zero-order valence-electron chi connectivity index (χ0n) is 10.4. The van der Waals surface area contributed by atoms with Gasteiger partial charge in [-0.1, -0.05) is 18.2 Å². The van der Waals surface area contributed by atoms with Gasteiger partial charge in [0.2, 0.25) is 0 Å². The maximum absolute atomic E-state index is 11.8. The van der Waals surface area contributed by atoms with Crippen LogP contribution in [0, 0.1) is 0 Å². The average molecular weight is 259 g/mol. The summed E-state index contributed by atoms with van der Waals surface area (Å²) < 4.78 is 15.9. The zero-order chi connectivity index (χ0) is 13.2. The fourth-order valence-corrected chi connectivity index (χ4v) is 2.19. The van der Waals surface area contributed by atoms with Crippen LogP contribution >= 0.6 is 0 Å². The van der Waals surface area contributed by atoms with Crippen molar-refractivity contribution in [2.75, 3.05) is 6.61 Å². The second-order valence-corrected chi connectivity index (χ2v) is 4.20. The number of furan rings is 1. The third kappa shape index (κ3) is 1.97. The van der Waals surface area contributed by atoms with Crippen LogP contribution in [0.5, 0.6) is 0 Å². The van der Waals surface area contributed by atoms with Crippen molar-refractivity contribution < 1.29 is 18.7 Å². The smallest absolute Gasteiger partial charge is 0.335 e. The first kappa shape index (κ1) is 11.8. The quantitative estimate of drug-likeness (QED) is 0.794. The van der Waals surface area contributed by atoms with E-state index in [1.807, 2.05) is 24.3 Å². The van der Waals surface area contributed by atoms with E-state index in [0.29, 0.717) is 6.61 Å². The minimum Gasteiger partial charge on any atom is -0.473 e. The molecule has 0 aliphatic carbocycles. The van der Waals surface area contributed by atoms with E-state index in [9.17, 15) is 4.79 Å². The number of para-hydroxylation sites is 1. The highest BCUT2D eigenvalue weighted by molar-refractivity contribution is 5.85. The lowest BCUT2D eigenvalue weighted by atomic mass is 10.0. The molecule has 0 N–H and O–H groups in total. The highest BCUT2D eigenvalue weighted by Crippen LogP contribution is 2.34. The fourth-order valence-electron chi connectivity index (χ4n) is 2.19. The summed E-state index contributed by atoms with van der Waals surface area (Å²) in [4.78, 5) is 15.9. The molecule has 5 nitrogen and oxygen atoms in total. The normalized spacial score (nSPS) is 21.5. The summed E-state index contributed by atoms with van der Waals surface area (Å²) >= 11 is 0. The van der Waals surface area contributed by atoms with Crippen molar-refractivity contribution in [3.63, 3.8) is 0 Å². The topological polar surface area (TPSA) is 61.0 Å². The van der Waals surface area contributed by atoms with Crippen LogP contribution in [0.4, 0.5) is 0 Å². The van der Waals surface area contributed by atoms with Gasteiger partial charge in [0.15, 0.2) is 18.5 Å². The Balaban J connectivity index is 1.95. The Labute approximate surface area is 109 Å². The Morgan fingerprint density at radius 2 is 2.26 bits per heavy atom. The van der Waals surface area contributed by atoms with Crippen LogP contribution in [0.3, 0.4) is 0 Å². The first-order chi connectivity index (χ1) is 9.31. The van der Waals surface area contributed by atoms with Crippen molar-refractivity contribution in [2.45, 2.75) is 19.1 Å². The Morgan fingerprint density at radius 1 is 1.42 bits per heavy atom. The number of carbonyl (C=O) groups excluding carboxylic acids is 1. The van der Waals surface area contributed by atoms with Gasteiger partial charge in [-0.15, -0.1) is 0 Å². The summed E-state index contributed by atoms with van der Waals surface area (Å²) in [5, 5.41) is 0.923. The molecule has 0 spiro atoms. The maximum atomic E-state index is 11.8. The molecule has 2 heterocycles. The summed E-state index contributed by atoms with van der Waals surface area (Å²) in [5.41, 5.74) is 1.57. The highest BCUT2D eigenvalue weighted by Gasteiger charge is 2.37. The van der Waals surface area contributed by atoms with Crippen molar-refractivity contribution in [1.82, 2.24) is 0 Å². The lowest BCUT2D eigenvalue weighted by Crippen LogP contribution is -2.26. The molecule has 3 rings (SSSR count). The van der Waals surface area contributed by atoms with Crippen molar-refractivity contribution in [3.8, 4) is 0 Å². The maximum Gasteiger partial charge on any atom is 0.335 e. The van der Waals surface area contributed by atoms with E-state index >= 15 is 0 Å². The number of ether oxygens (including phenoxy) is 2. The van der Waals surface area contributed by atoms with Crippen molar-refractivity contribution >= 4 is 23.3 Å². The van der Waals surface area contributed by atoms with Crippen LogP contribution in [-0.4, -0.2) is 25.0 Å². The number of rotatable bonds is 3.